The highest BCUT2D eigenvalue weighted by atomic mass is 16.6. The molecule has 3 aromatic heterocycles. The molecule has 1 fully saturated rings. The van der Waals surface area contributed by atoms with Crippen LogP contribution in [0.3, 0.4) is 0 Å². The van der Waals surface area contributed by atoms with E-state index >= 15 is 0 Å². The second-order valence-electron chi connectivity index (χ2n) is 7.56. The molecule has 3 heterocycles. The molecule has 0 spiro atoms. The van der Waals surface area contributed by atoms with Crippen LogP contribution in [0.15, 0.2) is 24.7 Å². The van der Waals surface area contributed by atoms with E-state index in [1.54, 1.807) is 18.6 Å². The summed E-state index contributed by atoms with van der Waals surface area (Å²) in [5.74, 6) is 1.03. The first-order valence-electron chi connectivity index (χ1n) is 9.55. The zero-order valence-corrected chi connectivity index (χ0v) is 16.3. The summed E-state index contributed by atoms with van der Waals surface area (Å²) in [7, 11) is 1.90. The fourth-order valence-corrected chi connectivity index (χ4v) is 3.72. The quantitative estimate of drug-likeness (QED) is 0.624. The third-order valence-electron chi connectivity index (χ3n) is 5.00. The number of carbonyl (C=O) groups is 1. The average molecular weight is 383 g/mol. The number of fused-ring (bicyclic) bond motifs is 1. The van der Waals surface area contributed by atoms with E-state index in [9.17, 15) is 4.79 Å². The molecular weight excluding hydrogens is 358 g/mol. The summed E-state index contributed by atoms with van der Waals surface area (Å²) in [6.45, 7) is 3.83. The molecule has 4 rings (SSSR count). The topological polar surface area (TPSA) is 110 Å². The number of rotatable bonds is 5. The number of amides is 1. The highest BCUT2D eigenvalue weighted by Gasteiger charge is 2.30. The normalized spacial score (nSPS) is 19.3. The Morgan fingerprint density at radius 1 is 1.32 bits per heavy atom. The van der Waals surface area contributed by atoms with E-state index < -0.39 is 0 Å². The van der Waals surface area contributed by atoms with Crippen molar-refractivity contribution in [1.29, 1.82) is 0 Å². The number of nitrogens with one attached hydrogen (secondary N) is 3. The van der Waals surface area contributed by atoms with Crippen molar-refractivity contribution in [2.45, 2.75) is 51.2 Å². The van der Waals surface area contributed by atoms with Crippen molar-refractivity contribution in [2.75, 3.05) is 5.32 Å². The molecule has 1 aliphatic carbocycles. The van der Waals surface area contributed by atoms with Crippen molar-refractivity contribution in [2.24, 2.45) is 7.05 Å². The lowest BCUT2D eigenvalue weighted by Crippen LogP contribution is -2.33. The number of aromatic amines is 1. The second-order valence-corrected chi connectivity index (χ2v) is 7.56. The minimum absolute atomic E-state index is 0.0594. The van der Waals surface area contributed by atoms with Crippen molar-refractivity contribution in [3.63, 3.8) is 0 Å². The van der Waals surface area contributed by atoms with Crippen LogP contribution in [0, 0.1) is 0 Å². The van der Waals surface area contributed by atoms with Crippen LogP contribution in [0.5, 0.6) is 0 Å². The summed E-state index contributed by atoms with van der Waals surface area (Å²) < 4.78 is 7.32. The molecule has 2 atom stereocenters. The van der Waals surface area contributed by atoms with E-state index in [0.717, 1.165) is 47.4 Å². The van der Waals surface area contributed by atoms with Crippen LogP contribution in [-0.2, 0) is 11.8 Å². The number of ether oxygens (including phenoxy) is 1. The van der Waals surface area contributed by atoms with E-state index in [-0.39, 0.29) is 18.2 Å². The maximum atomic E-state index is 11.8. The molecule has 0 radical (unpaired) electrons. The van der Waals surface area contributed by atoms with Gasteiger partial charge in [-0.25, -0.2) is 4.79 Å². The second kappa shape index (κ2) is 7.49. The Morgan fingerprint density at radius 2 is 2.18 bits per heavy atom. The van der Waals surface area contributed by atoms with Gasteiger partial charge in [-0.15, -0.1) is 0 Å². The molecule has 0 unspecified atom stereocenters. The lowest BCUT2D eigenvalue weighted by Gasteiger charge is -2.14. The molecule has 0 bridgehead atoms. The molecular formula is C19H25N7O2. The summed E-state index contributed by atoms with van der Waals surface area (Å²) >= 11 is 0. The van der Waals surface area contributed by atoms with Gasteiger partial charge >= 0.3 is 6.09 Å². The fourth-order valence-electron chi connectivity index (χ4n) is 3.72. The molecule has 9 nitrogen and oxygen atoms in total. The first-order chi connectivity index (χ1) is 13.5. The number of alkyl carbamates (subject to hydrolysis) is 1. The monoisotopic (exact) mass is 383 g/mol. The van der Waals surface area contributed by atoms with Gasteiger partial charge in [0.2, 0.25) is 0 Å². The molecule has 9 heteroatoms. The van der Waals surface area contributed by atoms with E-state index in [2.05, 4.69) is 30.9 Å². The number of hydrogen-bond acceptors (Lipinski definition) is 6. The number of pyridine rings is 1. The summed E-state index contributed by atoms with van der Waals surface area (Å²) in [5, 5.41) is 18.8. The number of carbonyl (C=O) groups excluding carboxylic acids is 1. The first-order valence-corrected chi connectivity index (χ1v) is 9.55. The molecule has 1 aliphatic rings. The average Bonchev–Trinajstić information content (AvgIpc) is 3.35. The molecule has 0 saturated heterocycles. The summed E-state index contributed by atoms with van der Waals surface area (Å²) in [6.07, 6.45) is 7.56. The lowest BCUT2D eigenvalue weighted by molar-refractivity contribution is 0.0981. The van der Waals surface area contributed by atoms with Crippen molar-refractivity contribution >= 4 is 28.5 Å². The summed E-state index contributed by atoms with van der Waals surface area (Å²) in [4.78, 5) is 16.1. The molecule has 28 heavy (non-hydrogen) atoms. The maximum absolute atomic E-state index is 11.8. The Hall–Kier alpha value is -3.10. The molecule has 148 valence electrons. The van der Waals surface area contributed by atoms with E-state index in [1.165, 1.54) is 0 Å². The van der Waals surface area contributed by atoms with Crippen LogP contribution < -0.4 is 10.6 Å². The largest absolute Gasteiger partial charge is 0.446 e. The molecule has 0 aliphatic heterocycles. The zero-order chi connectivity index (χ0) is 19.7. The number of nitrogens with zero attached hydrogens (tertiary/aromatic N) is 4. The van der Waals surface area contributed by atoms with Gasteiger partial charge in [0.05, 0.1) is 23.6 Å². The lowest BCUT2D eigenvalue weighted by atomic mass is 10.0. The van der Waals surface area contributed by atoms with Gasteiger partial charge in [-0.2, -0.15) is 10.2 Å². The number of anilines is 2. The van der Waals surface area contributed by atoms with Gasteiger partial charge in [0.25, 0.3) is 0 Å². The van der Waals surface area contributed by atoms with Crippen LogP contribution in [0.2, 0.25) is 0 Å². The van der Waals surface area contributed by atoms with Gasteiger partial charge in [-0.05, 0) is 33.1 Å². The first kappa shape index (κ1) is 18.3. The van der Waals surface area contributed by atoms with Crippen LogP contribution >= 0.6 is 0 Å². The third-order valence-corrected chi connectivity index (χ3v) is 5.00. The Kier molecular flexibility index (Phi) is 4.89. The van der Waals surface area contributed by atoms with Gasteiger partial charge in [-0.1, -0.05) is 0 Å². The Labute approximate surface area is 162 Å². The predicted octanol–water partition coefficient (Wildman–Crippen LogP) is 3.21. The minimum Gasteiger partial charge on any atom is -0.446 e. The van der Waals surface area contributed by atoms with Gasteiger partial charge in [0, 0.05) is 42.4 Å². The van der Waals surface area contributed by atoms with Crippen LogP contribution in [-0.4, -0.2) is 43.2 Å². The van der Waals surface area contributed by atoms with E-state index in [0.29, 0.717) is 5.92 Å². The Balaban J connectivity index is 1.41. The highest BCUT2D eigenvalue weighted by Crippen LogP contribution is 2.36. The standard InChI is InChI=1S/C19H25N7O2/c1-11(2)22-19(27)28-14-5-4-12(6-14)15-7-17(25-24-15)23-16-10-20-8-13-9-21-26(3)18(13)16/h7-12,14H,4-6H2,1-3H3,(H,22,27)(H2,23,24,25)/t12-,14+/m0/s1. The molecule has 1 saturated carbocycles. The van der Waals surface area contributed by atoms with Crippen molar-refractivity contribution in [3.05, 3.63) is 30.4 Å². The number of H-pyrrole nitrogens is 1. The smallest absolute Gasteiger partial charge is 0.407 e. The van der Waals surface area contributed by atoms with Gasteiger partial charge in [0.1, 0.15) is 6.10 Å². The number of aryl methyl sites for hydroxylation is 1. The maximum Gasteiger partial charge on any atom is 0.407 e. The van der Waals surface area contributed by atoms with Crippen molar-refractivity contribution < 1.29 is 9.53 Å². The predicted molar refractivity (Wildman–Crippen MR) is 106 cm³/mol. The van der Waals surface area contributed by atoms with Crippen LogP contribution in [0.25, 0.3) is 10.9 Å². The number of hydrogen-bond donors (Lipinski definition) is 3. The van der Waals surface area contributed by atoms with Gasteiger partial charge < -0.3 is 15.4 Å². The Bertz CT molecular complexity index is 978. The van der Waals surface area contributed by atoms with Gasteiger partial charge in [0.15, 0.2) is 5.82 Å². The number of aromatic nitrogens is 5. The van der Waals surface area contributed by atoms with E-state index in [1.807, 2.05) is 31.6 Å². The fraction of sp³-hybridized carbons (Fsp3) is 0.474. The summed E-state index contributed by atoms with van der Waals surface area (Å²) in [5.41, 5.74) is 2.88. The van der Waals surface area contributed by atoms with Crippen LogP contribution in [0.4, 0.5) is 16.3 Å². The molecule has 0 aromatic carbocycles. The van der Waals surface area contributed by atoms with Crippen LogP contribution in [0.1, 0.15) is 44.7 Å². The summed E-state index contributed by atoms with van der Waals surface area (Å²) in [6, 6.07) is 2.08. The highest BCUT2D eigenvalue weighted by molar-refractivity contribution is 5.90. The minimum atomic E-state index is -0.343. The Morgan fingerprint density at radius 3 is 3.00 bits per heavy atom. The zero-order valence-electron chi connectivity index (χ0n) is 16.3. The SMILES string of the molecule is CC(C)NC(=O)O[C@@H]1CC[C@H](c2cc(Nc3cncc4cnn(C)c34)n[nH]2)C1. The van der Waals surface area contributed by atoms with E-state index in [4.69, 9.17) is 4.74 Å². The molecule has 3 aromatic rings. The van der Waals surface area contributed by atoms with Crippen molar-refractivity contribution in [3.8, 4) is 0 Å². The van der Waals surface area contributed by atoms with Gasteiger partial charge in [-0.3, -0.25) is 14.8 Å². The van der Waals surface area contributed by atoms with Crippen molar-refractivity contribution in [1.82, 2.24) is 30.3 Å². The third kappa shape index (κ3) is 3.78. The molecule has 1 amide bonds. The molecule has 3 N–H and O–H groups in total.